The molecule has 5 nitrogen and oxygen atoms in total. The lowest BCUT2D eigenvalue weighted by Crippen LogP contribution is -2.51. The number of allylic oxidation sites excluding steroid dienone is 1. The molecular weight excluding hydrogens is 346 g/mol. The molecule has 0 aromatic heterocycles. The van der Waals surface area contributed by atoms with E-state index in [4.69, 9.17) is 11.5 Å². The Morgan fingerprint density at radius 3 is 2.42 bits per heavy atom. The van der Waals surface area contributed by atoms with Crippen molar-refractivity contribution in [1.29, 1.82) is 0 Å². The summed E-state index contributed by atoms with van der Waals surface area (Å²) in [5.74, 6) is 0.205. The minimum absolute atomic E-state index is 0.205. The molecule has 5 N–H and O–H groups in total. The predicted molar refractivity (Wildman–Crippen MR) is 108 cm³/mol. The molecule has 0 amide bonds. The number of hydrogen-bond acceptors (Lipinski definition) is 5. The molecule has 6 heteroatoms. The van der Waals surface area contributed by atoms with Gasteiger partial charge in [-0.25, -0.2) is 8.42 Å². The van der Waals surface area contributed by atoms with Gasteiger partial charge >= 0.3 is 0 Å². The normalized spacial score (nSPS) is 18.9. The van der Waals surface area contributed by atoms with Crippen LogP contribution in [-0.2, 0) is 16.3 Å². The summed E-state index contributed by atoms with van der Waals surface area (Å²) in [6.07, 6.45) is 10.3. The van der Waals surface area contributed by atoms with Crippen LogP contribution in [-0.4, -0.2) is 32.9 Å². The Morgan fingerprint density at radius 2 is 1.81 bits per heavy atom. The second-order valence-electron chi connectivity index (χ2n) is 7.15. The first-order valence-corrected chi connectivity index (χ1v) is 11.2. The molecule has 0 spiro atoms. The minimum atomic E-state index is -3.61. The molecule has 1 aliphatic carbocycles. The second kappa shape index (κ2) is 10.2. The smallest absolute Gasteiger partial charge is 0.195 e. The van der Waals surface area contributed by atoms with Crippen molar-refractivity contribution in [2.24, 2.45) is 17.4 Å². The second-order valence-corrected chi connectivity index (χ2v) is 9.26. The highest BCUT2D eigenvalue weighted by atomic mass is 32.2. The Hall–Kier alpha value is -1.21. The van der Waals surface area contributed by atoms with Crippen molar-refractivity contribution in [3.05, 3.63) is 42.0 Å². The molecule has 0 bridgehead atoms. The van der Waals surface area contributed by atoms with E-state index in [1.54, 1.807) is 12.1 Å². The maximum atomic E-state index is 12.8. The lowest BCUT2D eigenvalue weighted by atomic mass is 9.84. The van der Waals surface area contributed by atoms with Gasteiger partial charge in [0, 0.05) is 12.6 Å². The van der Waals surface area contributed by atoms with Crippen LogP contribution in [0, 0.1) is 5.92 Å². The van der Waals surface area contributed by atoms with Crippen LogP contribution >= 0.6 is 0 Å². The molecule has 2 atom stereocenters. The molecule has 1 fully saturated rings. The standard InChI is InChI=1S/C20H33N3O2S/c1-2-3-14-23-15-13-16-9-11-18(12-10-16)26(24,25)20(22)19(21)17-7-5-4-6-8-17/h2-3,9-12,17,19-20,23H,4-8,13-15,21-22H2,1H3/b3-2+. The zero-order valence-corrected chi connectivity index (χ0v) is 16.5. The lowest BCUT2D eigenvalue weighted by molar-refractivity contribution is 0.297. The Kier molecular flexibility index (Phi) is 8.28. The van der Waals surface area contributed by atoms with Crippen LogP contribution < -0.4 is 16.8 Å². The van der Waals surface area contributed by atoms with Crippen molar-refractivity contribution in [2.75, 3.05) is 13.1 Å². The number of rotatable bonds is 9. The summed E-state index contributed by atoms with van der Waals surface area (Å²) in [6.45, 7) is 3.69. The van der Waals surface area contributed by atoms with Gasteiger partial charge in [-0.1, -0.05) is 43.5 Å². The molecule has 26 heavy (non-hydrogen) atoms. The SMILES string of the molecule is C/C=C/CNCCc1ccc(S(=O)(=O)C(N)C(N)C2CCCCC2)cc1. The molecular formula is C20H33N3O2S. The molecule has 1 aliphatic rings. The maximum absolute atomic E-state index is 12.8. The zero-order chi connectivity index (χ0) is 19.0. The van der Waals surface area contributed by atoms with E-state index in [2.05, 4.69) is 11.4 Å². The van der Waals surface area contributed by atoms with Crippen molar-refractivity contribution in [3.63, 3.8) is 0 Å². The highest BCUT2D eigenvalue weighted by molar-refractivity contribution is 7.92. The van der Waals surface area contributed by atoms with Crippen LogP contribution in [0.5, 0.6) is 0 Å². The van der Waals surface area contributed by atoms with E-state index in [0.29, 0.717) is 0 Å². The Bertz CT molecular complexity index is 665. The van der Waals surface area contributed by atoms with Crippen LogP contribution in [0.15, 0.2) is 41.3 Å². The van der Waals surface area contributed by atoms with Gasteiger partial charge in [0.1, 0.15) is 5.37 Å². The van der Waals surface area contributed by atoms with Gasteiger partial charge in [-0.05, 0) is 56.3 Å². The predicted octanol–water partition coefficient (Wildman–Crippen LogP) is 2.36. The van der Waals surface area contributed by atoms with E-state index in [-0.39, 0.29) is 10.8 Å². The van der Waals surface area contributed by atoms with E-state index < -0.39 is 21.3 Å². The molecule has 0 heterocycles. The molecule has 0 radical (unpaired) electrons. The fourth-order valence-corrected chi connectivity index (χ4v) is 5.00. The third kappa shape index (κ3) is 5.64. The fraction of sp³-hybridized carbons (Fsp3) is 0.600. The van der Waals surface area contributed by atoms with Crippen LogP contribution in [0.4, 0.5) is 0 Å². The number of hydrogen-bond donors (Lipinski definition) is 3. The lowest BCUT2D eigenvalue weighted by Gasteiger charge is -2.31. The Morgan fingerprint density at radius 1 is 1.15 bits per heavy atom. The van der Waals surface area contributed by atoms with E-state index in [1.807, 2.05) is 25.1 Å². The summed E-state index contributed by atoms with van der Waals surface area (Å²) in [6, 6.07) is 6.54. The summed E-state index contributed by atoms with van der Waals surface area (Å²) >= 11 is 0. The Balaban J connectivity index is 1.96. The van der Waals surface area contributed by atoms with Gasteiger partial charge in [0.2, 0.25) is 0 Å². The third-order valence-electron chi connectivity index (χ3n) is 5.27. The first-order chi connectivity index (χ1) is 12.5. The molecule has 1 aromatic rings. The van der Waals surface area contributed by atoms with Crippen LogP contribution in [0.2, 0.25) is 0 Å². The quantitative estimate of drug-likeness (QED) is 0.452. The van der Waals surface area contributed by atoms with Gasteiger partial charge in [0.25, 0.3) is 0 Å². The largest absolute Gasteiger partial charge is 0.325 e. The average Bonchev–Trinajstić information content (AvgIpc) is 2.67. The van der Waals surface area contributed by atoms with E-state index in [9.17, 15) is 8.42 Å². The molecule has 146 valence electrons. The van der Waals surface area contributed by atoms with E-state index in [1.165, 1.54) is 6.42 Å². The molecule has 0 aliphatic heterocycles. The van der Waals surface area contributed by atoms with Gasteiger partial charge in [-0.3, -0.25) is 0 Å². The first-order valence-electron chi connectivity index (χ1n) is 9.62. The highest BCUT2D eigenvalue weighted by Crippen LogP contribution is 2.29. The molecule has 2 rings (SSSR count). The van der Waals surface area contributed by atoms with Gasteiger partial charge in [-0.2, -0.15) is 0 Å². The van der Waals surface area contributed by atoms with Gasteiger partial charge in [-0.15, -0.1) is 0 Å². The van der Waals surface area contributed by atoms with Gasteiger partial charge in [0.05, 0.1) is 4.90 Å². The van der Waals surface area contributed by atoms with Crippen molar-refractivity contribution < 1.29 is 8.42 Å². The van der Waals surface area contributed by atoms with Crippen LogP contribution in [0.3, 0.4) is 0 Å². The van der Waals surface area contributed by atoms with Crippen molar-refractivity contribution in [1.82, 2.24) is 5.32 Å². The highest BCUT2D eigenvalue weighted by Gasteiger charge is 2.34. The summed E-state index contributed by atoms with van der Waals surface area (Å²) in [5.41, 5.74) is 13.4. The first kappa shape index (κ1) is 21.1. The number of nitrogens with two attached hydrogens (primary N) is 2. The minimum Gasteiger partial charge on any atom is -0.325 e. The summed E-state index contributed by atoms with van der Waals surface area (Å²) < 4.78 is 25.7. The van der Waals surface area contributed by atoms with Crippen molar-refractivity contribution in [2.45, 2.75) is 61.8 Å². The fourth-order valence-electron chi connectivity index (χ4n) is 3.53. The monoisotopic (exact) mass is 379 g/mol. The number of nitrogens with one attached hydrogen (secondary N) is 1. The topological polar surface area (TPSA) is 98.2 Å². The zero-order valence-electron chi connectivity index (χ0n) is 15.7. The third-order valence-corrected chi connectivity index (χ3v) is 7.23. The Labute approximate surface area is 158 Å². The number of benzene rings is 1. The van der Waals surface area contributed by atoms with E-state index in [0.717, 1.165) is 50.8 Å². The summed E-state index contributed by atoms with van der Waals surface area (Å²) in [5, 5.41) is 2.26. The van der Waals surface area contributed by atoms with E-state index >= 15 is 0 Å². The van der Waals surface area contributed by atoms with Gasteiger partial charge in [0.15, 0.2) is 9.84 Å². The molecule has 1 aromatic carbocycles. The summed E-state index contributed by atoms with van der Waals surface area (Å²) in [4.78, 5) is 0.266. The summed E-state index contributed by atoms with van der Waals surface area (Å²) in [7, 11) is -3.61. The van der Waals surface area contributed by atoms with Gasteiger partial charge < -0.3 is 16.8 Å². The molecule has 0 saturated heterocycles. The van der Waals surface area contributed by atoms with Crippen LogP contribution in [0.1, 0.15) is 44.6 Å². The van der Waals surface area contributed by atoms with Crippen LogP contribution in [0.25, 0.3) is 0 Å². The maximum Gasteiger partial charge on any atom is 0.195 e. The molecule has 2 unspecified atom stereocenters. The van der Waals surface area contributed by atoms with Crippen molar-refractivity contribution in [3.8, 4) is 0 Å². The average molecular weight is 380 g/mol. The molecule has 1 saturated carbocycles. The number of sulfone groups is 1. The van der Waals surface area contributed by atoms with Crippen molar-refractivity contribution >= 4 is 9.84 Å².